The topological polar surface area (TPSA) is 12.0 Å². The molecule has 18 heavy (non-hydrogen) atoms. The van der Waals surface area contributed by atoms with Crippen molar-refractivity contribution in [2.45, 2.75) is 38.5 Å². The number of fused-ring (bicyclic) bond motifs is 1. The average molecular weight is 275 g/mol. The molecule has 0 aliphatic carbocycles. The van der Waals surface area contributed by atoms with Crippen LogP contribution in [0.5, 0.6) is 0 Å². The molecule has 0 saturated carbocycles. The summed E-state index contributed by atoms with van der Waals surface area (Å²) < 4.78 is 3.10. The number of benzene rings is 1. The third kappa shape index (κ3) is 2.15. The first kappa shape index (κ1) is 12.4. The Morgan fingerprint density at radius 1 is 1.28 bits per heavy atom. The van der Waals surface area contributed by atoms with Crippen LogP contribution in [0.2, 0.25) is 19.6 Å². The highest BCUT2D eigenvalue weighted by Crippen LogP contribution is 2.32. The van der Waals surface area contributed by atoms with Crippen LogP contribution in [0.15, 0.2) is 24.3 Å². The largest absolute Gasteiger partial charge is 0.310 e. The highest BCUT2D eigenvalue weighted by molar-refractivity contribution is 7.31. The van der Waals surface area contributed by atoms with Gasteiger partial charge < -0.3 is 5.32 Å². The van der Waals surface area contributed by atoms with Gasteiger partial charge in [-0.2, -0.15) is 0 Å². The summed E-state index contributed by atoms with van der Waals surface area (Å²) in [5.41, 5.74) is 1.52. The van der Waals surface area contributed by atoms with E-state index in [4.69, 9.17) is 0 Å². The molecule has 3 rings (SSSR count). The quantitative estimate of drug-likeness (QED) is 0.820. The van der Waals surface area contributed by atoms with Gasteiger partial charge in [-0.05, 0) is 47.0 Å². The van der Waals surface area contributed by atoms with E-state index in [9.17, 15) is 0 Å². The fraction of sp³-hybridized carbons (Fsp3) is 0.467. The third-order valence-corrected chi connectivity index (χ3v) is 8.45. The normalized spacial score (nSPS) is 20.7. The van der Waals surface area contributed by atoms with Crippen LogP contribution in [0, 0.1) is 0 Å². The van der Waals surface area contributed by atoms with Gasteiger partial charge in [0.15, 0.2) is 0 Å². The zero-order valence-electron chi connectivity index (χ0n) is 11.4. The van der Waals surface area contributed by atoms with Gasteiger partial charge in [-0.25, -0.2) is 0 Å². The minimum atomic E-state index is -1.18. The second-order valence-electron chi connectivity index (χ2n) is 6.27. The molecule has 1 fully saturated rings. The van der Waals surface area contributed by atoms with Gasteiger partial charge in [0.05, 0.1) is 8.07 Å². The molecule has 0 radical (unpaired) electrons. The SMILES string of the molecule is C[Si](C)(C)c1cc2c(C3CCCN3)cccc2s1. The average Bonchev–Trinajstić information content (AvgIpc) is 2.96. The lowest BCUT2D eigenvalue weighted by Gasteiger charge is -2.13. The minimum absolute atomic E-state index is 0.581. The molecule has 96 valence electrons. The van der Waals surface area contributed by atoms with Crippen molar-refractivity contribution in [1.82, 2.24) is 5.32 Å². The number of hydrogen-bond acceptors (Lipinski definition) is 2. The van der Waals surface area contributed by atoms with E-state index in [1.54, 1.807) is 4.50 Å². The summed E-state index contributed by atoms with van der Waals surface area (Å²) in [5, 5.41) is 5.13. The lowest BCUT2D eigenvalue weighted by molar-refractivity contribution is 0.653. The molecule has 1 aromatic heterocycles. The van der Waals surface area contributed by atoms with Crippen LogP contribution in [0.3, 0.4) is 0 Å². The molecular weight excluding hydrogens is 254 g/mol. The van der Waals surface area contributed by atoms with Gasteiger partial charge in [-0.3, -0.25) is 0 Å². The van der Waals surface area contributed by atoms with E-state index < -0.39 is 8.07 Å². The molecule has 0 spiro atoms. The van der Waals surface area contributed by atoms with E-state index in [-0.39, 0.29) is 0 Å². The van der Waals surface area contributed by atoms with Crippen molar-refractivity contribution in [3.8, 4) is 0 Å². The monoisotopic (exact) mass is 275 g/mol. The Morgan fingerprint density at radius 3 is 2.78 bits per heavy atom. The zero-order chi connectivity index (χ0) is 12.8. The van der Waals surface area contributed by atoms with Crippen LogP contribution in [-0.4, -0.2) is 14.6 Å². The van der Waals surface area contributed by atoms with Crippen molar-refractivity contribution in [3.63, 3.8) is 0 Å². The molecule has 1 atom stereocenters. The molecule has 1 aliphatic heterocycles. The molecule has 1 aliphatic rings. The smallest absolute Gasteiger partial charge is 0.0904 e. The van der Waals surface area contributed by atoms with Crippen molar-refractivity contribution >= 4 is 34.0 Å². The van der Waals surface area contributed by atoms with Crippen LogP contribution in [0.1, 0.15) is 24.4 Å². The molecule has 0 bridgehead atoms. The van der Waals surface area contributed by atoms with Crippen LogP contribution >= 0.6 is 11.3 Å². The number of hydrogen-bond donors (Lipinski definition) is 1. The Bertz CT molecular complexity index is 561. The Balaban J connectivity index is 2.12. The van der Waals surface area contributed by atoms with E-state index >= 15 is 0 Å². The third-order valence-electron chi connectivity index (χ3n) is 3.77. The molecule has 3 heteroatoms. The Morgan fingerprint density at radius 2 is 2.11 bits per heavy atom. The molecule has 2 heterocycles. The summed E-state index contributed by atoms with van der Waals surface area (Å²) in [7, 11) is -1.18. The molecule has 1 N–H and O–H groups in total. The lowest BCUT2D eigenvalue weighted by atomic mass is 10.0. The standard InChI is InChI=1S/C15H21NSSi/c1-18(2,3)15-10-12-11(13-7-5-9-16-13)6-4-8-14(12)17-15/h4,6,8,10,13,16H,5,7,9H2,1-3H3. The first-order valence-corrected chi connectivity index (χ1v) is 11.1. The van der Waals surface area contributed by atoms with Crippen molar-refractivity contribution in [3.05, 3.63) is 29.8 Å². The van der Waals surface area contributed by atoms with Crippen LogP contribution in [-0.2, 0) is 0 Å². The fourth-order valence-electron chi connectivity index (χ4n) is 2.71. The number of nitrogens with one attached hydrogen (secondary N) is 1. The van der Waals surface area contributed by atoms with E-state index in [1.165, 1.54) is 35.0 Å². The summed E-state index contributed by atoms with van der Waals surface area (Å²) in [4.78, 5) is 0. The highest BCUT2D eigenvalue weighted by atomic mass is 32.1. The maximum absolute atomic E-state index is 3.63. The molecular formula is C15H21NSSi. The van der Waals surface area contributed by atoms with Gasteiger partial charge in [-0.15, -0.1) is 11.3 Å². The Hall–Kier alpha value is -0.643. The molecule has 1 unspecified atom stereocenters. The number of thiophene rings is 1. The van der Waals surface area contributed by atoms with Gasteiger partial charge >= 0.3 is 0 Å². The maximum Gasteiger partial charge on any atom is 0.0904 e. The summed E-state index contributed by atoms with van der Waals surface area (Å²) in [5.74, 6) is 0. The molecule has 2 aromatic rings. The predicted molar refractivity (Wildman–Crippen MR) is 84.8 cm³/mol. The fourth-order valence-corrected chi connectivity index (χ4v) is 5.69. The maximum atomic E-state index is 3.63. The van der Waals surface area contributed by atoms with Crippen molar-refractivity contribution in [2.24, 2.45) is 0 Å². The van der Waals surface area contributed by atoms with Gasteiger partial charge in [0.2, 0.25) is 0 Å². The van der Waals surface area contributed by atoms with Crippen LogP contribution < -0.4 is 9.82 Å². The Kier molecular flexibility index (Phi) is 3.08. The zero-order valence-corrected chi connectivity index (χ0v) is 13.2. The first-order valence-electron chi connectivity index (χ1n) is 6.82. The summed E-state index contributed by atoms with van der Waals surface area (Å²) >= 11 is 2.01. The van der Waals surface area contributed by atoms with Crippen molar-refractivity contribution in [1.29, 1.82) is 0 Å². The van der Waals surface area contributed by atoms with E-state index in [1.807, 2.05) is 11.3 Å². The van der Waals surface area contributed by atoms with Crippen molar-refractivity contribution < 1.29 is 0 Å². The number of rotatable bonds is 2. The van der Waals surface area contributed by atoms with Crippen LogP contribution in [0.25, 0.3) is 10.1 Å². The molecule has 0 amide bonds. The summed E-state index contributed by atoms with van der Waals surface area (Å²) in [6.07, 6.45) is 2.60. The molecule has 1 saturated heterocycles. The van der Waals surface area contributed by atoms with Gasteiger partial charge in [0, 0.05) is 10.7 Å². The highest BCUT2D eigenvalue weighted by Gasteiger charge is 2.23. The second kappa shape index (κ2) is 4.48. The predicted octanol–water partition coefficient (Wildman–Crippen LogP) is 3.87. The van der Waals surface area contributed by atoms with Gasteiger partial charge in [-0.1, -0.05) is 31.8 Å². The summed E-state index contributed by atoms with van der Waals surface area (Å²) in [6, 6.07) is 9.87. The Labute approximate surface area is 114 Å². The summed E-state index contributed by atoms with van der Waals surface area (Å²) in [6.45, 7) is 8.48. The minimum Gasteiger partial charge on any atom is -0.310 e. The van der Waals surface area contributed by atoms with Gasteiger partial charge in [0.1, 0.15) is 0 Å². The van der Waals surface area contributed by atoms with E-state index in [0.29, 0.717) is 6.04 Å². The van der Waals surface area contributed by atoms with Gasteiger partial charge in [0.25, 0.3) is 0 Å². The van der Waals surface area contributed by atoms with E-state index in [2.05, 4.69) is 49.2 Å². The first-order chi connectivity index (χ1) is 8.55. The lowest BCUT2D eigenvalue weighted by Crippen LogP contribution is -2.34. The molecule has 1 aromatic carbocycles. The second-order valence-corrected chi connectivity index (χ2v) is 12.8. The molecule has 1 nitrogen and oxygen atoms in total. The van der Waals surface area contributed by atoms with E-state index in [0.717, 1.165) is 0 Å². The van der Waals surface area contributed by atoms with Crippen molar-refractivity contribution in [2.75, 3.05) is 6.54 Å². The van der Waals surface area contributed by atoms with Crippen LogP contribution in [0.4, 0.5) is 0 Å².